The van der Waals surface area contributed by atoms with Gasteiger partial charge < -0.3 is 9.88 Å². The molecular formula is C7H9N3O. The van der Waals surface area contributed by atoms with Crippen LogP contribution in [0.25, 0.3) is 0 Å². The van der Waals surface area contributed by atoms with Gasteiger partial charge in [-0.05, 0) is 6.92 Å². The highest BCUT2D eigenvalue weighted by Gasteiger charge is 2.09. The number of nitrogens with one attached hydrogen (secondary N) is 1. The maximum absolute atomic E-state index is 11.0. The lowest BCUT2D eigenvalue weighted by atomic mass is 10.4. The largest absolute Gasteiger partial charge is 0.354 e. The van der Waals surface area contributed by atoms with E-state index in [0.29, 0.717) is 11.5 Å². The molecule has 1 aliphatic heterocycles. The van der Waals surface area contributed by atoms with Crippen molar-refractivity contribution in [2.45, 2.75) is 13.5 Å². The number of rotatable bonds is 0. The lowest BCUT2D eigenvalue weighted by Crippen LogP contribution is -2.13. The quantitative estimate of drug-likeness (QED) is 0.566. The van der Waals surface area contributed by atoms with Gasteiger partial charge in [0.25, 0.3) is 5.56 Å². The fraction of sp³-hybridized carbons (Fsp3) is 0.429. The molecule has 0 bridgehead atoms. The van der Waals surface area contributed by atoms with Crippen LogP contribution in [0.2, 0.25) is 0 Å². The molecule has 2 heterocycles. The molecule has 2 rings (SSSR count). The van der Waals surface area contributed by atoms with Gasteiger partial charge in [0, 0.05) is 24.8 Å². The van der Waals surface area contributed by atoms with Crippen LogP contribution >= 0.6 is 0 Å². The van der Waals surface area contributed by atoms with Gasteiger partial charge in [0.2, 0.25) is 5.95 Å². The summed E-state index contributed by atoms with van der Waals surface area (Å²) in [7, 11) is 0. The second kappa shape index (κ2) is 2.08. The number of nitrogens with zero attached hydrogens (tertiary/aromatic N) is 2. The van der Waals surface area contributed by atoms with Crippen LogP contribution in [0.5, 0.6) is 0 Å². The Labute approximate surface area is 63.9 Å². The third kappa shape index (κ3) is 0.906. The molecule has 0 saturated heterocycles. The summed E-state index contributed by atoms with van der Waals surface area (Å²) >= 11 is 0. The Bertz CT molecular complexity index is 342. The maximum atomic E-state index is 11.0. The molecule has 4 nitrogen and oxygen atoms in total. The molecule has 0 unspecified atom stereocenters. The van der Waals surface area contributed by atoms with E-state index in [0.717, 1.165) is 13.1 Å². The minimum atomic E-state index is -0.134. The van der Waals surface area contributed by atoms with Gasteiger partial charge in [-0.2, -0.15) is 4.98 Å². The van der Waals surface area contributed by atoms with Gasteiger partial charge in [-0.3, -0.25) is 4.79 Å². The lowest BCUT2D eigenvalue weighted by molar-refractivity contribution is 0.780. The van der Waals surface area contributed by atoms with E-state index in [1.54, 1.807) is 6.92 Å². The molecule has 1 aromatic rings. The Morgan fingerprint density at radius 1 is 1.73 bits per heavy atom. The summed E-state index contributed by atoms with van der Waals surface area (Å²) in [6.07, 6.45) is 1.84. The van der Waals surface area contributed by atoms with Gasteiger partial charge in [-0.15, -0.1) is 0 Å². The normalized spacial score (nSPS) is 14.3. The Morgan fingerprint density at radius 3 is 3.36 bits per heavy atom. The van der Waals surface area contributed by atoms with E-state index in [1.807, 2.05) is 10.8 Å². The van der Waals surface area contributed by atoms with Crippen LogP contribution in [0.15, 0.2) is 11.0 Å². The minimum absolute atomic E-state index is 0.134. The van der Waals surface area contributed by atoms with Crippen molar-refractivity contribution in [2.75, 3.05) is 11.9 Å². The van der Waals surface area contributed by atoms with Crippen molar-refractivity contribution in [1.29, 1.82) is 0 Å². The summed E-state index contributed by atoms with van der Waals surface area (Å²) in [4.78, 5) is 14.9. The van der Waals surface area contributed by atoms with Gasteiger partial charge in [0.1, 0.15) is 0 Å². The third-order valence-electron chi connectivity index (χ3n) is 1.80. The third-order valence-corrected chi connectivity index (χ3v) is 1.80. The van der Waals surface area contributed by atoms with Gasteiger partial charge in [-0.1, -0.05) is 0 Å². The van der Waals surface area contributed by atoms with Crippen molar-refractivity contribution in [1.82, 2.24) is 9.55 Å². The first kappa shape index (κ1) is 6.39. The maximum Gasteiger partial charge on any atom is 0.277 e. The van der Waals surface area contributed by atoms with E-state index in [9.17, 15) is 4.79 Å². The Morgan fingerprint density at radius 2 is 2.55 bits per heavy atom. The van der Waals surface area contributed by atoms with Crippen LogP contribution in [-0.4, -0.2) is 16.1 Å². The van der Waals surface area contributed by atoms with E-state index in [-0.39, 0.29) is 5.56 Å². The van der Waals surface area contributed by atoms with E-state index >= 15 is 0 Å². The van der Waals surface area contributed by atoms with Crippen LogP contribution in [-0.2, 0) is 6.54 Å². The van der Waals surface area contributed by atoms with E-state index in [2.05, 4.69) is 10.3 Å². The molecule has 1 aliphatic rings. The molecular weight excluding hydrogens is 142 g/mol. The van der Waals surface area contributed by atoms with Crippen molar-refractivity contribution in [2.24, 2.45) is 0 Å². The number of hydrogen-bond donors (Lipinski definition) is 1. The average Bonchev–Trinajstić information content (AvgIpc) is 2.36. The molecule has 1 aromatic heterocycles. The SMILES string of the molecule is Cc1cn2c(nc1=O)NCC2. The van der Waals surface area contributed by atoms with E-state index in [4.69, 9.17) is 0 Å². The molecule has 0 atom stereocenters. The Kier molecular flexibility index (Phi) is 1.21. The van der Waals surface area contributed by atoms with Crippen molar-refractivity contribution >= 4 is 5.95 Å². The molecule has 58 valence electrons. The first-order valence-corrected chi connectivity index (χ1v) is 3.59. The monoisotopic (exact) mass is 151 g/mol. The standard InChI is InChI=1S/C7H9N3O/c1-5-4-10-3-2-8-7(10)9-6(5)11/h4H,2-3H2,1H3,(H,8,9,11). The number of fused-ring (bicyclic) bond motifs is 1. The highest BCUT2D eigenvalue weighted by atomic mass is 16.1. The molecule has 1 N–H and O–H groups in total. The van der Waals surface area contributed by atoms with Crippen LogP contribution in [0.4, 0.5) is 5.95 Å². The highest BCUT2D eigenvalue weighted by Crippen LogP contribution is 2.07. The van der Waals surface area contributed by atoms with Gasteiger partial charge in [0.15, 0.2) is 0 Å². The van der Waals surface area contributed by atoms with Crippen molar-refractivity contribution in [3.8, 4) is 0 Å². The second-order valence-electron chi connectivity index (χ2n) is 2.67. The molecule has 0 saturated carbocycles. The first-order chi connectivity index (χ1) is 5.27. The van der Waals surface area contributed by atoms with Crippen molar-refractivity contribution < 1.29 is 0 Å². The van der Waals surface area contributed by atoms with Crippen LogP contribution < -0.4 is 10.9 Å². The zero-order chi connectivity index (χ0) is 7.84. The fourth-order valence-electron chi connectivity index (χ4n) is 1.20. The molecule has 0 aromatic carbocycles. The summed E-state index contributed by atoms with van der Waals surface area (Å²) < 4.78 is 1.96. The zero-order valence-electron chi connectivity index (χ0n) is 6.29. The summed E-state index contributed by atoms with van der Waals surface area (Å²) in [6, 6.07) is 0. The van der Waals surface area contributed by atoms with Crippen LogP contribution in [0, 0.1) is 6.92 Å². The summed E-state index contributed by atoms with van der Waals surface area (Å²) in [6.45, 7) is 3.56. The molecule has 0 amide bonds. The topological polar surface area (TPSA) is 46.9 Å². The number of anilines is 1. The highest BCUT2D eigenvalue weighted by molar-refractivity contribution is 5.30. The van der Waals surface area contributed by atoms with Crippen LogP contribution in [0.1, 0.15) is 5.56 Å². The van der Waals surface area contributed by atoms with Gasteiger partial charge in [-0.25, -0.2) is 0 Å². The molecule has 11 heavy (non-hydrogen) atoms. The summed E-state index contributed by atoms with van der Waals surface area (Å²) in [5.74, 6) is 0.695. The average molecular weight is 151 g/mol. The molecule has 0 radical (unpaired) electrons. The van der Waals surface area contributed by atoms with Gasteiger partial charge in [0.05, 0.1) is 0 Å². The number of aromatic nitrogens is 2. The van der Waals surface area contributed by atoms with Crippen molar-refractivity contribution in [3.63, 3.8) is 0 Å². The molecule has 0 fully saturated rings. The summed E-state index contributed by atoms with van der Waals surface area (Å²) in [5.41, 5.74) is 0.572. The first-order valence-electron chi connectivity index (χ1n) is 3.59. The predicted molar refractivity (Wildman–Crippen MR) is 41.7 cm³/mol. The Balaban J connectivity index is 2.66. The van der Waals surface area contributed by atoms with E-state index < -0.39 is 0 Å². The predicted octanol–water partition coefficient (Wildman–Crippen LogP) is -0.0228. The smallest absolute Gasteiger partial charge is 0.277 e. The van der Waals surface area contributed by atoms with E-state index in [1.165, 1.54) is 0 Å². The molecule has 4 heteroatoms. The van der Waals surface area contributed by atoms with Crippen molar-refractivity contribution in [3.05, 3.63) is 22.1 Å². The minimum Gasteiger partial charge on any atom is -0.354 e. The molecule has 0 aliphatic carbocycles. The lowest BCUT2D eigenvalue weighted by Gasteiger charge is -2.00. The number of hydrogen-bond acceptors (Lipinski definition) is 3. The zero-order valence-corrected chi connectivity index (χ0v) is 6.29. The second-order valence-corrected chi connectivity index (χ2v) is 2.67. The summed E-state index contributed by atoms with van der Waals surface area (Å²) in [5, 5.41) is 3.02. The van der Waals surface area contributed by atoms with Crippen LogP contribution in [0.3, 0.4) is 0 Å². The van der Waals surface area contributed by atoms with Gasteiger partial charge >= 0.3 is 0 Å². The fourth-order valence-corrected chi connectivity index (χ4v) is 1.20. The number of aryl methyl sites for hydroxylation is 1. The molecule has 0 spiro atoms. The Hall–Kier alpha value is -1.32.